The number of carbonyl (C=O) groups excluding carboxylic acids is 1. The van der Waals surface area contributed by atoms with Crippen molar-refractivity contribution < 1.29 is 9.21 Å². The van der Waals surface area contributed by atoms with Crippen LogP contribution >= 0.6 is 11.8 Å². The molecule has 3 rings (SSSR count). The molecule has 0 saturated carbocycles. The Bertz CT molecular complexity index is 855. The van der Waals surface area contributed by atoms with E-state index < -0.39 is 0 Å². The number of aryl methyl sites for hydroxylation is 1. The summed E-state index contributed by atoms with van der Waals surface area (Å²) in [6, 6.07) is 11.5. The molecule has 1 aromatic carbocycles. The molecule has 6 nitrogen and oxygen atoms in total. The van der Waals surface area contributed by atoms with Crippen LogP contribution in [0.3, 0.4) is 0 Å². The van der Waals surface area contributed by atoms with E-state index >= 15 is 0 Å². The third-order valence-corrected chi connectivity index (χ3v) is 4.61. The van der Waals surface area contributed by atoms with Gasteiger partial charge in [0.15, 0.2) is 11.0 Å². The van der Waals surface area contributed by atoms with Crippen LogP contribution in [0.5, 0.6) is 0 Å². The van der Waals surface area contributed by atoms with Crippen molar-refractivity contribution in [3.8, 4) is 11.4 Å². The zero-order valence-electron chi connectivity index (χ0n) is 14.4. The molecule has 0 unspecified atom stereocenters. The topological polar surface area (TPSA) is 72.9 Å². The van der Waals surface area contributed by atoms with Crippen molar-refractivity contribution in [2.45, 2.75) is 32.0 Å². The van der Waals surface area contributed by atoms with Crippen LogP contribution in [0.25, 0.3) is 11.4 Å². The summed E-state index contributed by atoms with van der Waals surface area (Å²) in [5.74, 6) is 1.75. The van der Waals surface area contributed by atoms with Gasteiger partial charge in [-0.2, -0.15) is 0 Å². The Morgan fingerprint density at radius 1 is 1.24 bits per heavy atom. The molecular weight excluding hydrogens is 336 g/mol. The molecule has 0 radical (unpaired) electrons. The van der Waals surface area contributed by atoms with Crippen molar-refractivity contribution in [1.29, 1.82) is 0 Å². The van der Waals surface area contributed by atoms with E-state index in [-0.39, 0.29) is 17.7 Å². The first-order valence-corrected chi connectivity index (χ1v) is 9.02. The fourth-order valence-electron chi connectivity index (χ4n) is 2.49. The number of amides is 1. The van der Waals surface area contributed by atoms with Crippen LogP contribution in [0.15, 0.2) is 52.2 Å². The number of nitrogens with zero attached hydrogens (tertiary/aromatic N) is 3. The first-order chi connectivity index (χ1) is 12.1. The molecule has 0 bridgehead atoms. The van der Waals surface area contributed by atoms with Crippen molar-refractivity contribution in [3.63, 3.8) is 0 Å². The molecule has 1 amide bonds. The number of hydrogen-bond acceptors (Lipinski definition) is 5. The van der Waals surface area contributed by atoms with Crippen LogP contribution in [0.1, 0.15) is 25.6 Å². The van der Waals surface area contributed by atoms with Crippen LogP contribution in [0.4, 0.5) is 5.69 Å². The molecule has 0 spiro atoms. The van der Waals surface area contributed by atoms with Gasteiger partial charge in [-0.3, -0.25) is 9.36 Å². The minimum absolute atomic E-state index is 0.0736. The van der Waals surface area contributed by atoms with Crippen molar-refractivity contribution >= 4 is 23.4 Å². The van der Waals surface area contributed by atoms with Gasteiger partial charge in [0.2, 0.25) is 5.91 Å². The number of benzene rings is 1. The second kappa shape index (κ2) is 7.57. The maximum Gasteiger partial charge on any atom is 0.234 e. The Kier molecular flexibility index (Phi) is 5.23. The highest BCUT2D eigenvalue weighted by molar-refractivity contribution is 7.99. The lowest BCUT2D eigenvalue weighted by Gasteiger charge is -2.13. The number of para-hydroxylation sites is 1. The maximum absolute atomic E-state index is 12.2. The first-order valence-electron chi connectivity index (χ1n) is 8.03. The van der Waals surface area contributed by atoms with E-state index in [9.17, 15) is 4.79 Å². The molecule has 0 atom stereocenters. The molecule has 130 valence electrons. The molecule has 0 aliphatic rings. The molecule has 0 aliphatic carbocycles. The molecule has 25 heavy (non-hydrogen) atoms. The Hall–Kier alpha value is -2.54. The van der Waals surface area contributed by atoms with Crippen LogP contribution in [-0.4, -0.2) is 26.4 Å². The van der Waals surface area contributed by atoms with E-state index in [4.69, 9.17) is 4.42 Å². The lowest BCUT2D eigenvalue weighted by molar-refractivity contribution is -0.113. The minimum Gasteiger partial charge on any atom is -0.469 e. The van der Waals surface area contributed by atoms with Gasteiger partial charge in [0, 0.05) is 11.7 Å². The molecule has 7 heteroatoms. The average Bonchev–Trinajstić information content (AvgIpc) is 3.19. The van der Waals surface area contributed by atoms with E-state index in [0.29, 0.717) is 5.16 Å². The Morgan fingerprint density at radius 3 is 2.64 bits per heavy atom. The van der Waals surface area contributed by atoms with Gasteiger partial charge in [-0.25, -0.2) is 0 Å². The molecule has 1 N–H and O–H groups in total. The number of rotatable bonds is 6. The van der Waals surface area contributed by atoms with Gasteiger partial charge in [-0.1, -0.05) is 30.0 Å². The number of anilines is 1. The largest absolute Gasteiger partial charge is 0.469 e. The van der Waals surface area contributed by atoms with E-state index in [1.807, 2.05) is 47.9 Å². The third kappa shape index (κ3) is 3.93. The Balaban J connectivity index is 1.74. The maximum atomic E-state index is 12.2. The van der Waals surface area contributed by atoms with Gasteiger partial charge >= 0.3 is 0 Å². The zero-order valence-corrected chi connectivity index (χ0v) is 15.2. The van der Waals surface area contributed by atoms with Crippen LogP contribution in [0.2, 0.25) is 0 Å². The van der Waals surface area contributed by atoms with E-state index in [1.54, 1.807) is 6.26 Å². The zero-order chi connectivity index (χ0) is 17.8. The highest BCUT2D eigenvalue weighted by atomic mass is 32.2. The number of nitrogens with one attached hydrogen (secondary N) is 1. The van der Waals surface area contributed by atoms with Gasteiger partial charge in [-0.15, -0.1) is 10.2 Å². The second-order valence-electron chi connectivity index (χ2n) is 5.86. The Morgan fingerprint density at radius 2 is 2.00 bits per heavy atom. The summed E-state index contributed by atoms with van der Waals surface area (Å²) in [7, 11) is 0. The van der Waals surface area contributed by atoms with Gasteiger partial charge < -0.3 is 9.73 Å². The average molecular weight is 356 g/mol. The van der Waals surface area contributed by atoms with E-state index in [2.05, 4.69) is 29.4 Å². The van der Waals surface area contributed by atoms with Crippen LogP contribution in [-0.2, 0) is 4.79 Å². The SMILES string of the molecule is Cc1occc1-c1nnc(SCC(=O)Nc2ccccc2)n1C(C)C. The monoisotopic (exact) mass is 356 g/mol. The van der Waals surface area contributed by atoms with E-state index in [0.717, 1.165) is 22.8 Å². The summed E-state index contributed by atoms with van der Waals surface area (Å²) in [6.45, 7) is 6.03. The van der Waals surface area contributed by atoms with Gasteiger partial charge in [0.05, 0.1) is 17.6 Å². The molecule has 0 aliphatic heterocycles. The minimum atomic E-state index is -0.0736. The van der Waals surface area contributed by atoms with Crippen molar-refractivity contribution in [1.82, 2.24) is 14.8 Å². The molecule has 2 heterocycles. The lowest BCUT2D eigenvalue weighted by Crippen LogP contribution is -2.15. The van der Waals surface area contributed by atoms with E-state index in [1.165, 1.54) is 11.8 Å². The predicted octanol–water partition coefficient (Wildman–Crippen LogP) is 4.16. The fraction of sp³-hybridized carbons (Fsp3) is 0.278. The van der Waals surface area contributed by atoms with Crippen LogP contribution < -0.4 is 5.32 Å². The van der Waals surface area contributed by atoms with Gasteiger partial charge in [0.25, 0.3) is 0 Å². The number of carbonyl (C=O) groups is 1. The third-order valence-electron chi connectivity index (χ3n) is 3.67. The molecule has 0 saturated heterocycles. The molecule has 2 aromatic heterocycles. The Labute approximate surface area is 150 Å². The molecular formula is C18H20N4O2S. The number of hydrogen-bond donors (Lipinski definition) is 1. The highest BCUT2D eigenvalue weighted by Gasteiger charge is 2.20. The molecule has 0 fully saturated rings. The number of thioether (sulfide) groups is 1. The highest BCUT2D eigenvalue weighted by Crippen LogP contribution is 2.29. The summed E-state index contributed by atoms with van der Waals surface area (Å²) in [5, 5.41) is 12.2. The standard InChI is InChI=1S/C18H20N4O2S/c1-12(2)22-17(15-9-10-24-13(15)3)20-21-18(22)25-11-16(23)19-14-7-5-4-6-8-14/h4-10,12H,11H2,1-3H3,(H,19,23). The molecule has 3 aromatic rings. The van der Waals surface area contributed by atoms with Crippen molar-refractivity contribution in [2.24, 2.45) is 0 Å². The normalized spacial score (nSPS) is 11.0. The predicted molar refractivity (Wildman–Crippen MR) is 98.6 cm³/mol. The van der Waals surface area contributed by atoms with Gasteiger partial charge in [0.1, 0.15) is 5.76 Å². The van der Waals surface area contributed by atoms with Crippen LogP contribution in [0, 0.1) is 6.92 Å². The van der Waals surface area contributed by atoms with Crippen molar-refractivity contribution in [2.75, 3.05) is 11.1 Å². The summed E-state index contributed by atoms with van der Waals surface area (Å²) in [4.78, 5) is 12.2. The number of aromatic nitrogens is 3. The smallest absolute Gasteiger partial charge is 0.234 e. The van der Waals surface area contributed by atoms with Crippen molar-refractivity contribution in [3.05, 3.63) is 48.4 Å². The second-order valence-corrected chi connectivity index (χ2v) is 6.81. The van der Waals surface area contributed by atoms with Gasteiger partial charge in [-0.05, 0) is 39.0 Å². The summed E-state index contributed by atoms with van der Waals surface area (Å²) in [6.07, 6.45) is 1.64. The summed E-state index contributed by atoms with van der Waals surface area (Å²) < 4.78 is 7.40. The lowest BCUT2D eigenvalue weighted by atomic mass is 10.2. The first kappa shape index (κ1) is 17.3. The quantitative estimate of drug-likeness (QED) is 0.672. The summed E-state index contributed by atoms with van der Waals surface area (Å²) >= 11 is 1.37. The number of furan rings is 1. The fourth-order valence-corrected chi connectivity index (χ4v) is 3.36. The summed E-state index contributed by atoms with van der Waals surface area (Å²) in [5.41, 5.74) is 1.70.